The van der Waals surface area contributed by atoms with Crippen LogP contribution in [0.4, 0.5) is 0 Å². The van der Waals surface area contributed by atoms with Gasteiger partial charge in [0.1, 0.15) is 0 Å². The van der Waals surface area contributed by atoms with Crippen LogP contribution in [0, 0.1) is 0 Å². The molecule has 0 aliphatic carbocycles. The molecule has 0 saturated heterocycles. The standard InChI is InChI=1S/C33H29ClN6O4S2/c1-43-27-14-7-13-24(31(27)44-2)26-18-25(28-15-8-16-45-28)38-40(26)30(41)20-46-33-37-36-29(39(33)23-12-6-11-22(34)17-23)19-35-32(42)21-9-4-3-5-10-21/h3-17,26H,18-20H2,1-2H3,(H,35,42)/t26-/m0/s1. The lowest BCUT2D eigenvalue weighted by molar-refractivity contribution is -0.130. The van der Waals surface area contributed by atoms with Crippen molar-refractivity contribution >= 4 is 52.2 Å². The highest BCUT2D eigenvalue weighted by Gasteiger charge is 2.36. The van der Waals surface area contributed by atoms with Crippen molar-refractivity contribution in [1.82, 2.24) is 25.1 Å². The first kappa shape index (κ1) is 31.3. The molecule has 2 aromatic heterocycles. The van der Waals surface area contributed by atoms with Gasteiger partial charge in [-0.3, -0.25) is 14.2 Å². The Morgan fingerprint density at radius 1 is 1.00 bits per heavy atom. The minimum Gasteiger partial charge on any atom is -0.493 e. The Morgan fingerprint density at radius 3 is 2.57 bits per heavy atom. The molecule has 1 aliphatic rings. The van der Waals surface area contributed by atoms with Gasteiger partial charge in [0.05, 0.1) is 48.8 Å². The third-order valence-corrected chi connectivity index (χ3v) is 9.37. The lowest BCUT2D eigenvalue weighted by Crippen LogP contribution is -2.29. The van der Waals surface area contributed by atoms with Gasteiger partial charge in [0.15, 0.2) is 22.5 Å². The molecule has 0 fully saturated rings. The molecule has 2 amide bonds. The number of thioether (sulfide) groups is 1. The number of hydrogen-bond acceptors (Lipinski definition) is 9. The number of halogens is 1. The summed E-state index contributed by atoms with van der Waals surface area (Å²) < 4.78 is 13.1. The largest absolute Gasteiger partial charge is 0.493 e. The van der Waals surface area contributed by atoms with E-state index in [1.54, 1.807) is 66.5 Å². The van der Waals surface area contributed by atoms with Gasteiger partial charge < -0.3 is 14.8 Å². The van der Waals surface area contributed by atoms with Crippen LogP contribution in [0.2, 0.25) is 5.02 Å². The van der Waals surface area contributed by atoms with E-state index >= 15 is 0 Å². The number of thiophene rings is 1. The zero-order valence-electron chi connectivity index (χ0n) is 24.9. The van der Waals surface area contributed by atoms with E-state index in [1.165, 1.54) is 16.8 Å². The quantitative estimate of drug-likeness (QED) is 0.162. The Hall–Kier alpha value is -4.65. The minimum absolute atomic E-state index is 0.0269. The molecule has 1 N–H and O–H groups in total. The molecule has 13 heteroatoms. The van der Waals surface area contributed by atoms with Gasteiger partial charge in [0.2, 0.25) is 0 Å². The van der Waals surface area contributed by atoms with Gasteiger partial charge in [-0.15, -0.1) is 21.5 Å². The van der Waals surface area contributed by atoms with E-state index in [1.807, 2.05) is 53.9 Å². The van der Waals surface area contributed by atoms with Gasteiger partial charge >= 0.3 is 0 Å². The van der Waals surface area contributed by atoms with E-state index in [0.717, 1.165) is 16.2 Å². The van der Waals surface area contributed by atoms with E-state index in [2.05, 4.69) is 15.5 Å². The lowest BCUT2D eigenvalue weighted by atomic mass is 9.99. The second-order valence-corrected chi connectivity index (χ2v) is 12.4. The number of carbonyl (C=O) groups is 2. The fourth-order valence-corrected chi connectivity index (χ4v) is 6.90. The molecule has 10 nitrogen and oxygen atoms in total. The van der Waals surface area contributed by atoms with Crippen molar-refractivity contribution in [2.45, 2.75) is 24.2 Å². The van der Waals surface area contributed by atoms with Crippen LogP contribution in [-0.2, 0) is 11.3 Å². The van der Waals surface area contributed by atoms with Crippen molar-refractivity contribution < 1.29 is 19.1 Å². The molecule has 234 valence electrons. The molecule has 5 aromatic rings. The smallest absolute Gasteiger partial charge is 0.253 e. The minimum atomic E-state index is -0.398. The van der Waals surface area contributed by atoms with Crippen LogP contribution in [0.5, 0.6) is 11.5 Å². The predicted molar refractivity (Wildman–Crippen MR) is 179 cm³/mol. The Kier molecular flexibility index (Phi) is 9.67. The number of para-hydroxylation sites is 1. The summed E-state index contributed by atoms with van der Waals surface area (Å²) in [6.07, 6.45) is 0.518. The first-order valence-electron chi connectivity index (χ1n) is 14.3. The fourth-order valence-electron chi connectivity index (χ4n) is 5.17. The Bertz CT molecular complexity index is 1880. The maximum atomic E-state index is 13.9. The Balaban J connectivity index is 1.27. The number of hydrazone groups is 1. The second kappa shape index (κ2) is 14.2. The molecule has 3 heterocycles. The first-order valence-corrected chi connectivity index (χ1v) is 16.5. The van der Waals surface area contributed by atoms with E-state index < -0.39 is 6.04 Å². The summed E-state index contributed by atoms with van der Waals surface area (Å²) in [5, 5.41) is 21.0. The van der Waals surface area contributed by atoms with Crippen LogP contribution >= 0.6 is 34.7 Å². The molecular formula is C33H29ClN6O4S2. The summed E-state index contributed by atoms with van der Waals surface area (Å²) >= 11 is 9.14. The number of hydrogen-bond donors (Lipinski definition) is 1. The SMILES string of the molecule is COc1cccc([C@@H]2CC(c3cccs3)=NN2C(=O)CSc2nnc(CNC(=O)c3ccccc3)n2-c2cccc(Cl)c2)c1OC. The van der Waals surface area contributed by atoms with Gasteiger partial charge in [-0.1, -0.05) is 65.8 Å². The topological polar surface area (TPSA) is 111 Å². The monoisotopic (exact) mass is 672 g/mol. The average Bonchev–Trinajstić information content (AvgIpc) is 3.86. The van der Waals surface area contributed by atoms with Crippen LogP contribution < -0.4 is 14.8 Å². The van der Waals surface area contributed by atoms with E-state index in [9.17, 15) is 9.59 Å². The van der Waals surface area contributed by atoms with Crippen molar-refractivity contribution in [2.75, 3.05) is 20.0 Å². The van der Waals surface area contributed by atoms with Gasteiger partial charge in [0, 0.05) is 22.6 Å². The average molecular weight is 673 g/mol. The van der Waals surface area contributed by atoms with E-state index in [4.69, 9.17) is 26.2 Å². The molecule has 3 aromatic carbocycles. The molecule has 0 radical (unpaired) electrons. The third-order valence-electron chi connectivity index (χ3n) is 7.30. The number of methoxy groups -OCH3 is 2. The summed E-state index contributed by atoms with van der Waals surface area (Å²) in [6.45, 7) is 0.111. The van der Waals surface area contributed by atoms with Crippen LogP contribution in [0.1, 0.15) is 39.1 Å². The number of benzene rings is 3. The normalized spacial score (nSPS) is 14.2. The summed E-state index contributed by atoms with van der Waals surface area (Å²) in [5.74, 6) is 1.20. The zero-order valence-corrected chi connectivity index (χ0v) is 27.3. The van der Waals surface area contributed by atoms with Gasteiger partial charge in [-0.25, -0.2) is 5.01 Å². The maximum Gasteiger partial charge on any atom is 0.253 e. The molecule has 0 unspecified atom stereocenters. The maximum absolute atomic E-state index is 13.9. The summed E-state index contributed by atoms with van der Waals surface area (Å²) in [4.78, 5) is 27.7. The Morgan fingerprint density at radius 2 is 1.83 bits per heavy atom. The molecule has 0 saturated carbocycles. The van der Waals surface area contributed by atoms with Gasteiger partial charge in [-0.05, 0) is 47.8 Å². The van der Waals surface area contributed by atoms with Crippen LogP contribution in [0.25, 0.3) is 5.69 Å². The molecule has 6 rings (SSSR count). The number of ether oxygens (including phenoxy) is 2. The highest BCUT2D eigenvalue weighted by atomic mass is 35.5. The molecule has 46 heavy (non-hydrogen) atoms. The van der Waals surface area contributed by atoms with E-state index in [-0.39, 0.29) is 24.1 Å². The fraction of sp³-hybridized carbons (Fsp3) is 0.182. The number of carbonyl (C=O) groups excluding carboxylic acids is 2. The Labute approximate surface area is 279 Å². The van der Waals surface area contributed by atoms with Gasteiger partial charge in [0.25, 0.3) is 11.8 Å². The zero-order chi connectivity index (χ0) is 32.0. The van der Waals surface area contributed by atoms with Gasteiger partial charge in [-0.2, -0.15) is 5.10 Å². The third kappa shape index (κ3) is 6.64. The lowest BCUT2D eigenvalue weighted by Gasteiger charge is -2.24. The highest BCUT2D eigenvalue weighted by molar-refractivity contribution is 7.99. The molecule has 1 atom stereocenters. The van der Waals surface area contributed by atoms with Crippen LogP contribution in [-0.4, -0.2) is 57.3 Å². The number of nitrogens with one attached hydrogen (secondary N) is 1. The van der Waals surface area contributed by atoms with E-state index in [0.29, 0.717) is 45.2 Å². The molecule has 0 spiro atoms. The highest BCUT2D eigenvalue weighted by Crippen LogP contribution is 2.42. The molecular weight excluding hydrogens is 644 g/mol. The molecule has 0 bridgehead atoms. The van der Waals surface area contributed by atoms with Crippen molar-refractivity contribution in [1.29, 1.82) is 0 Å². The van der Waals surface area contributed by atoms with Crippen molar-refractivity contribution in [3.63, 3.8) is 0 Å². The number of rotatable bonds is 11. The summed E-state index contributed by atoms with van der Waals surface area (Å²) in [5.41, 5.74) is 2.86. The van der Waals surface area contributed by atoms with Crippen molar-refractivity contribution in [3.8, 4) is 17.2 Å². The first-order chi connectivity index (χ1) is 22.5. The van der Waals surface area contributed by atoms with Crippen molar-refractivity contribution in [3.05, 3.63) is 117 Å². The number of aromatic nitrogens is 3. The van der Waals surface area contributed by atoms with Crippen LogP contribution in [0.15, 0.2) is 101 Å². The van der Waals surface area contributed by atoms with Crippen molar-refractivity contribution in [2.24, 2.45) is 5.10 Å². The number of amides is 2. The predicted octanol–water partition coefficient (Wildman–Crippen LogP) is 6.40. The summed E-state index contributed by atoms with van der Waals surface area (Å²) in [6, 6.07) is 25.4. The van der Waals surface area contributed by atoms with Crippen LogP contribution in [0.3, 0.4) is 0 Å². The summed E-state index contributed by atoms with van der Waals surface area (Å²) in [7, 11) is 3.17. The molecule has 1 aliphatic heterocycles. The number of nitrogens with zero attached hydrogens (tertiary/aromatic N) is 5. The second-order valence-electron chi connectivity index (χ2n) is 10.1.